The molecule has 0 nitrogen and oxygen atoms in total. The van der Waals surface area contributed by atoms with E-state index in [4.69, 9.17) is 0 Å². The number of rotatable bonds is 0. The van der Waals surface area contributed by atoms with E-state index in [0.29, 0.717) is 0 Å². The maximum atomic E-state index is 0. The van der Waals surface area contributed by atoms with E-state index in [0.717, 1.165) is 0 Å². The van der Waals surface area contributed by atoms with Gasteiger partial charge < -0.3 is 0 Å². The van der Waals surface area contributed by atoms with Crippen LogP contribution >= 0.6 is 0 Å². The van der Waals surface area contributed by atoms with Crippen molar-refractivity contribution < 1.29 is 390 Å². The molecule has 0 rings (SSSR count). The summed E-state index contributed by atoms with van der Waals surface area (Å²) in [5, 5.41) is 0. The molecule has 160 valence electrons. The molecule has 0 saturated carbocycles. The van der Waals surface area contributed by atoms with E-state index < -0.39 is 0 Å². The van der Waals surface area contributed by atoms with Crippen molar-refractivity contribution in [1.82, 2.24) is 0 Å². The fraction of sp³-hybridized carbons (Fsp3) is 0. The van der Waals surface area contributed by atoms with Crippen molar-refractivity contribution in [3.63, 3.8) is 0 Å². The molecule has 0 radical (unpaired) electrons. The summed E-state index contributed by atoms with van der Waals surface area (Å²) in [5.41, 5.74) is 0. The molecule has 0 bridgehead atoms. The third-order valence-corrected chi connectivity index (χ3v) is 0. The van der Waals surface area contributed by atoms with Gasteiger partial charge in [-0.2, -0.15) is 0 Å². The molecule has 0 unspecified atom stereocenters. The van der Waals surface area contributed by atoms with Crippen LogP contribution in [0.15, 0.2) is 0 Å². The van der Waals surface area contributed by atoms with E-state index in [1.165, 1.54) is 0 Å². The minimum atomic E-state index is 0. The fourth-order valence-corrected chi connectivity index (χ4v) is 0. The van der Waals surface area contributed by atoms with Crippen molar-refractivity contribution >= 4 is 0 Å². The predicted molar refractivity (Wildman–Crippen MR) is 0 cm³/mol. The number of hydrogen-bond donors (Lipinski definition) is 0. The maximum Gasteiger partial charge on any atom is 0 e. The molecule has 0 heterocycles. The third kappa shape index (κ3) is 170. The van der Waals surface area contributed by atoms with E-state index in [2.05, 4.69) is 0 Å². The zero-order valence-corrected chi connectivity index (χ0v) is 41.8. The Balaban J connectivity index is 0. The van der Waals surface area contributed by atoms with E-state index >= 15 is 0 Å². The second kappa shape index (κ2) is 188. The van der Waals surface area contributed by atoms with Crippen LogP contribution in [0.5, 0.6) is 0 Å². The molecule has 0 amide bonds. The molecule has 0 aromatic rings. The Morgan fingerprint density at radius 1 is 0.0500 bits per heavy atom. The van der Waals surface area contributed by atoms with Gasteiger partial charge in [-0.15, -0.1) is 0 Å². The van der Waals surface area contributed by atoms with Gasteiger partial charge in [-0.3, -0.25) is 0 Å². The van der Waals surface area contributed by atoms with Crippen molar-refractivity contribution in [2.75, 3.05) is 0 Å². The van der Waals surface area contributed by atoms with Crippen LogP contribution < -0.4 is 0 Å². The third-order valence-electron chi connectivity index (χ3n) is 0. The summed E-state index contributed by atoms with van der Waals surface area (Å²) < 4.78 is 0. The van der Waals surface area contributed by atoms with Crippen molar-refractivity contribution in [2.24, 2.45) is 0 Å². The van der Waals surface area contributed by atoms with E-state index in [9.17, 15) is 0 Å². The first-order chi connectivity index (χ1) is 0. The van der Waals surface area contributed by atoms with Gasteiger partial charge in [0.1, 0.15) is 0 Å². The van der Waals surface area contributed by atoms with Gasteiger partial charge in [0.2, 0.25) is 0 Å². The van der Waals surface area contributed by atoms with Gasteiger partial charge in [0, 0.05) is 390 Å². The zero-order chi connectivity index (χ0) is 0. The predicted octanol–water partition coefficient (Wildman–Crippen LogP) is -0.0500. The average Bonchev–Trinajstić information content (AvgIpc) is 0. The van der Waals surface area contributed by atoms with Crippen LogP contribution in [0, 0.1) is 0 Å². The van der Waals surface area contributed by atoms with Crippen LogP contribution in [0.1, 0.15) is 0 Å². The maximum absolute atomic E-state index is 0. The Kier molecular flexibility index (Phi) is 1940. The zero-order valence-electron chi connectivity index (χ0n) is 7.07. The smallest absolute Gasteiger partial charge is 0 e. The number of hydrogen-bond acceptors (Lipinski definition) is 0. The summed E-state index contributed by atoms with van der Waals surface area (Å²) in [4.78, 5) is 0. The fourth-order valence-electron chi connectivity index (χ4n) is 0. The van der Waals surface area contributed by atoms with E-state index in [1.54, 1.807) is 0 Å². The minimum absolute atomic E-state index is 0. The summed E-state index contributed by atoms with van der Waals surface area (Å²) in [6.07, 6.45) is 0. The van der Waals surface area contributed by atoms with Gasteiger partial charge in [0.15, 0.2) is 0 Å². The molecule has 0 saturated heterocycles. The van der Waals surface area contributed by atoms with Gasteiger partial charge >= 0.3 is 0 Å². The minimum Gasteiger partial charge on any atom is 0 e. The molecule has 0 aromatic heterocycles. The second-order valence-electron chi connectivity index (χ2n) is 0. The summed E-state index contributed by atoms with van der Waals surface area (Å²) in [7, 11) is 0. The summed E-state index contributed by atoms with van der Waals surface area (Å²) in [5.74, 6) is 0. The van der Waals surface area contributed by atoms with Gasteiger partial charge in [0.05, 0.1) is 0 Å². The Morgan fingerprint density at radius 2 is 0.0500 bits per heavy atom. The summed E-state index contributed by atoms with van der Waals surface area (Å²) in [6.45, 7) is 0. The average molecular weight is 2020 g/mol. The molecule has 0 N–H and O–H groups in total. The molecule has 0 aliphatic rings. The Hall–Kier alpha value is 12.5. The van der Waals surface area contributed by atoms with Crippen LogP contribution in [0.3, 0.4) is 0 Å². The molecule has 0 aliphatic carbocycles. The molecule has 20 heteroatoms. The van der Waals surface area contributed by atoms with Crippen LogP contribution in [-0.2, 0) is 390 Å². The molecule has 0 atom stereocenters. The normalized spacial score (nSPS) is 0. The topological polar surface area (TPSA) is 0 Å². The molecule has 0 spiro atoms. The summed E-state index contributed by atoms with van der Waals surface area (Å²) >= 11 is 0. The SMILES string of the molecule is [Ru].[Ru].[Ru].[Ru].[Ru].[Ru].[Ru].[Ru].[Ru].[Ru].[Ru].[Ru].[Ru].[Ru].[Ru].[Ru].[Ru].[Ru].[Ru].[Ru]. The van der Waals surface area contributed by atoms with E-state index in [-0.39, 0.29) is 390 Å². The van der Waals surface area contributed by atoms with Crippen LogP contribution in [0.2, 0.25) is 0 Å². The van der Waals surface area contributed by atoms with Crippen molar-refractivity contribution in [2.45, 2.75) is 0 Å². The van der Waals surface area contributed by atoms with Gasteiger partial charge in [0.25, 0.3) is 0 Å². The quantitative estimate of drug-likeness (QED) is 0.299. The second-order valence-corrected chi connectivity index (χ2v) is 0. The van der Waals surface area contributed by atoms with Gasteiger partial charge in [-0.25, -0.2) is 0 Å². The molecule has 20 heavy (non-hydrogen) atoms. The Morgan fingerprint density at radius 3 is 0.0500 bits per heavy atom. The molecule has 0 aliphatic heterocycles. The van der Waals surface area contributed by atoms with Gasteiger partial charge in [-0.1, -0.05) is 0 Å². The Bertz CT molecular complexity index is 0. The van der Waals surface area contributed by atoms with Crippen molar-refractivity contribution in [3.05, 3.63) is 0 Å². The molecular weight excluding hydrogens is 2020 g/mol. The monoisotopic (exact) mass is 2040 g/mol. The standard InChI is InChI=1S/20Ru. The summed E-state index contributed by atoms with van der Waals surface area (Å²) in [6, 6.07) is 0. The van der Waals surface area contributed by atoms with E-state index in [1.807, 2.05) is 0 Å². The van der Waals surface area contributed by atoms with Crippen LogP contribution in [0.4, 0.5) is 0 Å². The van der Waals surface area contributed by atoms with Crippen LogP contribution in [-0.4, -0.2) is 0 Å². The van der Waals surface area contributed by atoms with Crippen molar-refractivity contribution in [1.29, 1.82) is 0 Å². The van der Waals surface area contributed by atoms with Crippen molar-refractivity contribution in [3.8, 4) is 0 Å². The van der Waals surface area contributed by atoms with Gasteiger partial charge in [-0.05, 0) is 0 Å². The first-order valence-corrected chi connectivity index (χ1v) is 0. The molecule has 0 fully saturated rings. The first-order valence-electron chi connectivity index (χ1n) is 0. The molecular formula is Ru20. The first kappa shape index (κ1) is 207. The molecule has 0 aromatic carbocycles. The largest absolute Gasteiger partial charge is 0 e. The Labute approximate surface area is 379 Å². The van der Waals surface area contributed by atoms with Crippen LogP contribution in [0.25, 0.3) is 0 Å².